The SMILES string of the molecule is CN(Cc1ccccc1)C(=O)O.OC1(c2ccc(Cl)c(C(F)(F)F)c2)CCN(C[C@@H]2C[C@@H]2c2ccccc2)CC1. The molecule has 1 heterocycles. The zero-order valence-electron chi connectivity index (χ0n) is 22.3. The molecule has 3 aromatic carbocycles. The van der Waals surface area contributed by atoms with Crippen LogP contribution in [0.15, 0.2) is 78.9 Å². The molecule has 2 aliphatic rings. The Morgan fingerprint density at radius 2 is 1.62 bits per heavy atom. The second kappa shape index (κ2) is 12.6. The van der Waals surface area contributed by atoms with Crippen molar-refractivity contribution in [2.45, 2.75) is 43.5 Å². The lowest BCUT2D eigenvalue weighted by Gasteiger charge is -2.39. The summed E-state index contributed by atoms with van der Waals surface area (Å²) in [4.78, 5) is 14.0. The molecule has 0 spiro atoms. The van der Waals surface area contributed by atoms with Crippen LogP contribution >= 0.6 is 11.6 Å². The number of halogens is 4. The molecule has 1 amide bonds. The number of piperidine rings is 1. The van der Waals surface area contributed by atoms with Crippen LogP contribution in [0.3, 0.4) is 0 Å². The van der Waals surface area contributed by atoms with E-state index < -0.39 is 23.4 Å². The van der Waals surface area contributed by atoms with E-state index in [9.17, 15) is 23.1 Å². The predicted molar refractivity (Wildman–Crippen MR) is 149 cm³/mol. The van der Waals surface area contributed by atoms with Gasteiger partial charge in [-0.25, -0.2) is 4.79 Å². The number of alkyl halides is 3. The van der Waals surface area contributed by atoms with Crippen molar-refractivity contribution in [2.75, 3.05) is 26.7 Å². The first-order chi connectivity index (χ1) is 19.0. The van der Waals surface area contributed by atoms with Gasteiger partial charge in [-0.2, -0.15) is 13.2 Å². The molecule has 0 bridgehead atoms. The molecule has 3 aromatic rings. The highest BCUT2D eigenvalue weighted by molar-refractivity contribution is 6.31. The van der Waals surface area contributed by atoms with Gasteiger partial charge in [-0.15, -0.1) is 0 Å². The van der Waals surface area contributed by atoms with Gasteiger partial charge in [0.1, 0.15) is 0 Å². The first kappa shape index (κ1) is 29.9. The Balaban J connectivity index is 0.000000259. The van der Waals surface area contributed by atoms with Crippen LogP contribution in [0.5, 0.6) is 0 Å². The summed E-state index contributed by atoms with van der Waals surface area (Å²) in [5, 5.41) is 19.2. The van der Waals surface area contributed by atoms with E-state index in [1.807, 2.05) is 36.4 Å². The molecule has 40 heavy (non-hydrogen) atoms. The highest BCUT2D eigenvalue weighted by Crippen LogP contribution is 2.48. The molecule has 2 N–H and O–H groups in total. The fourth-order valence-electron chi connectivity index (χ4n) is 5.24. The first-order valence-corrected chi connectivity index (χ1v) is 13.7. The molecular weight excluding hydrogens is 541 g/mol. The lowest BCUT2D eigenvalue weighted by molar-refractivity contribution is -0.137. The second-order valence-electron chi connectivity index (χ2n) is 10.7. The van der Waals surface area contributed by atoms with Crippen LogP contribution in [-0.4, -0.2) is 52.8 Å². The Morgan fingerprint density at radius 1 is 1.02 bits per heavy atom. The van der Waals surface area contributed by atoms with E-state index in [-0.39, 0.29) is 5.02 Å². The number of nitrogens with zero attached hydrogens (tertiary/aromatic N) is 2. The summed E-state index contributed by atoms with van der Waals surface area (Å²) in [7, 11) is 1.55. The van der Waals surface area contributed by atoms with Crippen LogP contribution in [0.25, 0.3) is 0 Å². The number of aliphatic hydroxyl groups is 1. The predicted octanol–water partition coefficient (Wildman–Crippen LogP) is 7.24. The number of rotatable bonds is 6. The third kappa shape index (κ3) is 7.77. The Hall–Kier alpha value is -3.07. The van der Waals surface area contributed by atoms with Crippen LogP contribution in [0, 0.1) is 5.92 Å². The Kier molecular flexibility index (Phi) is 9.44. The quantitative estimate of drug-likeness (QED) is 0.326. The van der Waals surface area contributed by atoms with Gasteiger partial charge in [-0.1, -0.05) is 78.3 Å². The number of hydrogen-bond donors (Lipinski definition) is 2. The van der Waals surface area contributed by atoms with Crippen molar-refractivity contribution in [3.05, 3.63) is 106 Å². The van der Waals surface area contributed by atoms with Gasteiger partial charge in [-0.05, 0) is 59.9 Å². The van der Waals surface area contributed by atoms with E-state index in [0.717, 1.165) is 18.2 Å². The molecule has 1 saturated heterocycles. The summed E-state index contributed by atoms with van der Waals surface area (Å²) in [6.45, 7) is 2.78. The van der Waals surface area contributed by atoms with E-state index in [4.69, 9.17) is 16.7 Å². The van der Waals surface area contributed by atoms with E-state index in [1.54, 1.807) is 7.05 Å². The third-order valence-electron chi connectivity index (χ3n) is 7.72. The van der Waals surface area contributed by atoms with Gasteiger partial charge >= 0.3 is 12.3 Å². The maximum Gasteiger partial charge on any atom is 0.417 e. The molecule has 1 aliphatic heterocycles. The Morgan fingerprint density at radius 3 is 2.20 bits per heavy atom. The maximum absolute atomic E-state index is 13.1. The van der Waals surface area contributed by atoms with Gasteiger partial charge in [0.25, 0.3) is 0 Å². The summed E-state index contributed by atoms with van der Waals surface area (Å²) in [5.41, 5.74) is 0.566. The highest BCUT2D eigenvalue weighted by Gasteiger charge is 2.42. The average molecular weight is 575 g/mol. The Labute approximate surface area is 237 Å². The van der Waals surface area contributed by atoms with Gasteiger partial charge in [0.2, 0.25) is 0 Å². The molecule has 2 fully saturated rings. The van der Waals surface area contributed by atoms with Crippen molar-refractivity contribution in [2.24, 2.45) is 5.92 Å². The summed E-state index contributed by atoms with van der Waals surface area (Å²) in [5.74, 6) is 1.23. The number of carbonyl (C=O) groups is 1. The minimum Gasteiger partial charge on any atom is -0.465 e. The van der Waals surface area contributed by atoms with E-state index in [0.29, 0.717) is 49.9 Å². The number of hydrogen-bond acceptors (Lipinski definition) is 3. The summed E-state index contributed by atoms with van der Waals surface area (Å²) >= 11 is 5.71. The van der Waals surface area contributed by atoms with Crippen molar-refractivity contribution in [1.29, 1.82) is 0 Å². The largest absolute Gasteiger partial charge is 0.465 e. The molecule has 1 saturated carbocycles. The molecule has 0 aromatic heterocycles. The second-order valence-corrected chi connectivity index (χ2v) is 11.1. The summed E-state index contributed by atoms with van der Waals surface area (Å²) in [6.07, 6.45) is -3.40. The monoisotopic (exact) mass is 574 g/mol. The fraction of sp³-hybridized carbons (Fsp3) is 0.387. The van der Waals surface area contributed by atoms with Crippen molar-refractivity contribution < 1.29 is 28.2 Å². The van der Waals surface area contributed by atoms with Crippen LogP contribution in [-0.2, 0) is 18.3 Å². The third-order valence-corrected chi connectivity index (χ3v) is 8.05. The molecule has 9 heteroatoms. The summed E-state index contributed by atoms with van der Waals surface area (Å²) in [6, 6.07) is 23.7. The highest BCUT2D eigenvalue weighted by atomic mass is 35.5. The number of benzene rings is 3. The minimum atomic E-state index is -4.53. The Bertz CT molecular complexity index is 1270. The van der Waals surface area contributed by atoms with E-state index in [2.05, 4.69) is 29.2 Å². The van der Waals surface area contributed by atoms with Crippen molar-refractivity contribution in [3.63, 3.8) is 0 Å². The van der Waals surface area contributed by atoms with Gasteiger partial charge < -0.3 is 20.0 Å². The number of amides is 1. The van der Waals surface area contributed by atoms with Gasteiger partial charge in [0.15, 0.2) is 0 Å². The van der Waals surface area contributed by atoms with Crippen LogP contribution in [0.2, 0.25) is 5.02 Å². The molecule has 0 unspecified atom stereocenters. The maximum atomic E-state index is 13.1. The molecule has 5 nitrogen and oxygen atoms in total. The molecule has 5 rings (SSSR count). The van der Waals surface area contributed by atoms with Crippen LogP contribution in [0.1, 0.15) is 47.4 Å². The molecule has 0 radical (unpaired) electrons. The van der Waals surface area contributed by atoms with E-state index >= 15 is 0 Å². The van der Waals surface area contributed by atoms with Crippen LogP contribution in [0.4, 0.5) is 18.0 Å². The van der Waals surface area contributed by atoms with Crippen molar-refractivity contribution in [1.82, 2.24) is 9.80 Å². The lowest BCUT2D eigenvalue weighted by Crippen LogP contribution is -2.43. The van der Waals surface area contributed by atoms with Crippen molar-refractivity contribution >= 4 is 17.7 Å². The zero-order chi connectivity index (χ0) is 28.9. The molecule has 2 atom stereocenters. The average Bonchev–Trinajstić information content (AvgIpc) is 3.70. The van der Waals surface area contributed by atoms with Crippen molar-refractivity contribution in [3.8, 4) is 0 Å². The first-order valence-electron chi connectivity index (χ1n) is 13.3. The standard InChI is InChI=1S/C22H23ClF3NO.C9H11NO2/c23-20-7-6-17(13-19(20)22(24,25)26)21(28)8-10-27(11-9-21)14-16-12-18(16)15-4-2-1-3-5-15;1-10(9(11)12)7-8-5-3-2-4-6-8/h1-7,13,16,18,28H,8-12,14H2;2-6H,7H2,1H3,(H,11,12)/t16-,18+;/m0./s1. The summed E-state index contributed by atoms with van der Waals surface area (Å²) < 4.78 is 39.4. The smallest absolute Gasteiger partial charge is 0.417 e. The number of carboxylic acid groups (broad SMARTS) is 1. The number of likely N-dealkylation sites (tertiary alicyclic amines) is 1. The molecule has 214 valence electrons. The topological polar surface area (TPSA) is 64.0 Å². The normalized spacial score (nSPS) is 20.2. The van der Waals surface area contributed by atoms with Gasteiger partial charge in [0.05, 0.1) is 16.2 Å². The molecule has 1 aliphatic carbocycles. The van der Waals surface area contributed by atoms with Crippen LogP contribution < -0.4 is 0 Å². The minimum absolute atomic E-state index is 0.303. The zero-order valence-corrected chi connectivity index (χ0v) is 23.1. The lowest BCUT2D eigenvalue weighted by atomic mass is 9.83. The fourth-order valence-corrected chi connectivity index (χ4v) is 5.47. The molecular formula is C31H34ClF3N2O3. The van der Waals surface area contributed by atoms with Gasteiger partial charge in [0, 0.05) is 33.2 Å². The van der Waals surface area contributed by atoms with E-state index in [1.165, 1.54) is 29.0 Å². The van der Waals surface area contributed by atoms with Gasteiger partial charge in [-0.3, -0.25) is 0 Å².